The molecule has 0 atom stereocenters. The van der Waals surface area contributed by atoms with E-state index in [1.165, 1.54) is 16.9 Å². The molecule has 1 aliphatic rings. The van der Waals surface area contributed by atoms with Gasteiger partial charge in [0.05, 0.1) is 5.56 Å². The summed E-state index contributed by atoms with van der Waals surface area (Å²) < 4.78 is 0. The Bertz CT molecular complexity index is 818. The molecule has 0 aliphatic carbocycles. The molecule has 128 valence electrons. The van der Waals surface area contributed by atoms with Gasteiger partial charge in [0.1, 0.15) is 16.8 Å². The van der Waals surface area contributed by atoms with E-state index in [9.17, 15) is 9.90 Å². The number of carbonyl (C=O) groups is 1. The quantitative estimate of drug-likeness (QED) is 0.863. The molecule has 0 fully saturated rings. The van der Waals surface area contributed by atoms with Gasteiger partial charge < -0.3 is 10.4 Å². The Kier molecular flexibility index (Phi) is 5.49. The molecule has 1 aromatic carbocycles. The Balaban J connectivity index is 1.48. The number of nitrogens with one attached hydrogen (secondary N) is 1. The third kappa shape index (κ3) is 4.47. The molecular weight excluding hydrogens is 334 g/mol. The highest BCUT2D eigenvalue weighted by Crippen LogP contribution is 2.24. The van der Waals surface area contributed by atoms with Crippen molar-refractivity contribution in [2.45, 2.75) is 12.8 Å². The van der Waals surface area contributed by atoms with Gasteiger partial charge in [0.25, 0.3) is 0 Å². The number of hydrogen-bond donors (Lipinski definition) is 2. The molecule has 3 rings (SSSR count). The van der Waals surface area contributed by atoms with Crippen molar-refractivity contribution < 1.29 is 9.90 Å². The second-order valence-corrected chi connectivity index (χ2v) is 6.82. The lowest BCUT2D eigenvalue weighted by molar-refractivity contribution is -0.116. The van der Waals surface area contributed by atoms with Crippen LogP contribution in [0.2, 0.25) is 0 Å². The van der Waals surface area contributed by atoms with E-state index in [4.69, 9.17) is 5.26 Å². The van der Waals surface area contributed by atoms with Gasteiger partial charge in [-0.25, -0.2) is 0 Å². The summed E-state index contributed by atoms with van der Waals surface area (Å²) in [6, 6.07) is 11.0. The van der Waals surface area contributed by atoms with Crippen LogP contribution in [-0.4, -0.2) is 35.5 Å². The maximum atomic E-state index is 12.1. The summed E-state index contributed by atoms with van der Waals surface area (Å²) in [6.45, 7) is 2.41. The summed E-state index contributed by atoms with van der Waals surface area (Å²) >= 11 is 1.37. The van der Waals surface area contributed by atoms with E-state index in [0.29, 0.717) is 23.5 Å². The second-order valence-electron chi connectivity index (χ2n) is 5.90. The number of rotatable bonds is 5. The Morgan fingerprint density at radius 1 is 1.32 bits per heavy atom. The van der Waals surface area contributed by atoms with E-state index in [0.717, 1.165) is 25.1 Å². The first-order chi connectivity index (χ1) is 12.2. The molecule has 0 spiro atoms. The Morgan fingerprint density at radius 2 is 2.12 bits per heavy atom. The molecular formula is C19H19N3O2S. The maximum Gasteiger partial charge on any atom is 0.226 e. The molecule has 0 radical (unpaired) electrons. The van der Waals surface area contributed by atoms with Crippen molar-refractivity contribution in [3.63, 3.8) is 0 Å². The van der Waals surface area contributed by atoms with E-state index < -0.39 is 0 Å². The molecule has 25 heavy (non-hydrogen) atoms. The molecule has 0 bridgehead atoms. The predicted molar refractivity (Wildman–Crippen MR) is 99.4 cm³/mol. The number of nitrogens with zero attached hydrogens (tertiary/aromatic N) is 2. The molecule has 6 heteroatoms. The zero-order valence-electron chi connectivity index (χ0n) is 13.7. The van der Waals surface area contributed by atoms with Crippen molar-refractivity contribution in [3.05, 3.63) is 52.9 Å². The third-order valence-electron chi connectivity index (χ3n) is 4.23. The molecule has 0 saturated carbocycles. The normalized spacial score (nSPS) is 14.6. The van der Waals surface area contributed by atoms with Gasteiger partial charge in [-0.15, -0.1) is 11.3 Å². The highest BCUT2D eigenvalue weighted by Gasteiger charge is 2.15. The minimum absolute atomic E-state index is 0.0627. The van der Waals surface area contributed by atoms with Gasteiger partial charge in [-0.1, -0.05) is 18.2 Å². The predicted octanol–water partition coefficient (Wildman–Crippen LogP) is 3.44. The van der Waals surface area contributed by atoms with Crippen LogP contribution in [-0.2, 0) is 4.79 Å². The van der Waals surface area contributed by atoms with Crippen LogP contribution in [0.5, 0.6) is 5.75 Å². The van der Waals surface area contributed by atoms with Crippen LogP contribution in [0.25, 0.3) is 5.57 Å². The topological polar surface area (TPSA) is 76.4 Å². The van der Waals surface area contributed by atoms with Crippen LogP contribution < -0.4 is 5.32 Å². The molecule has 1 aromatic heterocycles. The number of anilines is 1. The summed E-state index contributed by atoms with van der Waals surface area (Å²) in [7, 11) is 0. The highest BCUT2D eigenvalue weighted by atomic mass is 32.1. The number of nitriles is 1. The smallest absolute Gasteiger partial charge is 0.226 e. The first-order valence-electron chi connectivity index (χ1n) is 8.14. The van der Waals surface area contributed by atoms with Gasteiger partial charge in [0.15, 0.2) is 0 Å². The number of hydrogen-bond acceptors (Lipinski definition) is 5. The van der Waals surface area contributed by atoms with Crippen LogP contribution in [0, 0.1) is 11.3 Å². The SMILES string of the molecule is N#Cc1ccsc1NC(=O)CCN1CC=C(c2ccc(O)cc2)CC1. The average molecular weight is 353 g/mol. The lowest BCUT2D eigenvalue weighted by atomic mass is 9.99. The van der Waals surface area contributed by atoms with Crippen molar-refractivity contribution >= 4 is 27.8 Å². The van der Waals surface area contributed by atoms with Crippen LogP contribution >= 0.6 is 11.3 Å². The lowest BCUT2D eigenvalue weighted by Gasteiger charge is -2.26. The number of amides is 1. The van der Waals surface area contributed by atoms with Crippen molar-refractivity contribution in [2.24, 2.45) is 0 Å². The number of aromatic hydroxyl groups is 1. The zero-order chi connectivity index (χ0) is 17.6. The Hall–Kier alpha value is -2.62. The number of phenols is 1. The van der Waals surface area contributed by atoms with Crippen LogP contribution in [0.1, 0.15) is 24.0 Å². The fourth-order valence-electron chi connectivity index (χ4n) is 2.79. The molecule has 1 aliphatic heterocycles. The van der Waals surface area contributed by atoms with Gasteiger partial charge in [-0.05, 0) is 41.1 Å². The van der Waals surface area contributed by atoms with E-state index >= 15 is 0 Å². The van der Waals surface area contributed by atoms with Gasteiger partial charge in [-0.2, -0.15) is 5.26 Å². The summed E-state index contributed by atoms with van der Waals surface area (Å²) in [5.41, 5.74) is 2.92. The standard InChI is InChI=1S/C19H19N3O2S/c20-13-16-8-12-25-19(16)21-18(24)7-11-22-9-5-15(6-10-22)14-1-3-17(23)4-2-14/h1-5,8,12,23H,6-7,9-11H2,(H,21,24). The fourth-order valence-corrected chi connectivity index (χ4v) is 3.55. The zero-order valence-corrected chi connectivity index (χ0v) is 14.6. The van der Waals surface area contributed by atoms with Crippen molar-refractivity contribution in [2.75, 3.05) is 25.0 Å². The van der Waals surface area contributed by atoms with Crippen LogP contribution in [0.3, 0.4) is 0 Å². The summed E-state index contributed by atoms with van der Waals surface area (Å²) in [6.07, 6.45) is 3.52. The van der Waals surface area contributed by atoms with Crippen molar-refractivity contribution in [3.8, 4) is 11.8 Å². The van der Waals surface area contributed by atoms with E-state index in [2.05, 4.69) is 22.4 Å². The molecule has 1 amide bonds. The largest absolute Gasteiger partial charge is 0.508 e. The van der Waals surface area contributed by atoms with E-state index in [1.54, 1.807) is 23.6 Å². The highest BCUT2D eigenvalue weighted by molar-refractivity contribution is 7.14. The molecule has 2 N–H and O–H groups in total. The van der Waals surface area contributed by atoms with Gasteiger partial charge in [0.2, 0.25) is 5.91 Å². The Morgan fingerprint density at radius 3 is 2.80 bits per heavy atom. The minimum Gasteiger partial charge on any atom is -0.508 e. The molecule has 0 saturated heterocycles. The summed E-state index contributed by atoms with van der Waals surface area (Å²) in [5.74, 6) is 0.213. The number of thiophene rings is 1. The number of carbonyl (C=O) groups excluding carboxylic acids is 1. The lowest BCUT2D eigenvalue weighted by Crippen LogP contribution is -2.31. The molecule has 0 unspecified atom stereocenters. The average Bonchev–Trinajstić information content (AvgIpc) is 3.08. The van der Waals surface area contributed by atoms with Crippen molar-refractivity contribution in [1.82, 2.24) is 4.90 Å². The first kappa shape index (κ1) is 17.2. The van der Waals surface area contributed by atoms with Gasteiger partial charge >= 0.3 is 0 Å². The Labute approximate surface area is 150 Å². The number of benzene rings is 1. The van der Waals surface area contributed by atoms with Crippen LogP contribution in [0.15, 0.2) is 41.8 Å². The van der Waals surface area contributed by atoms with Gasteiger partial charge in [-0.3, -0.25) is 9.69 Å². The van der Waals surface area contributed by atoms with Crippen molar-refractivity contribution in [1.29, 1.82) is 5.26 Å². The van der Waals surface area contributed by atoms with E-state index in [-0.39, 0.29) is 11.7 Å². The third-order valence-corrected chi connectivity index (χ3v) is 5.05. The first-order valence-corrected chi connectivity index (χ1v) is 9.02. The minimum atomic E-state index is -0.0627. The summed E-state index contributed by atoms with van der Waals surface area (Å²) in [5, 5.41) is 23.6. The van der Waals surface area contributed by atoms with Crippen LogP contribution in [0.4, 0.5) is 5.00 Å². The van der Waals surface area contributed by atoms with Gasteiger partial charge in [0, 0.05) is 26.1 Å². The maximum absolute atomic E-state index is 12.1. The fraction of sp³-hybridized carbons (Fsp3) is 0.263. The molecule has 2 aromatic rings. The van der Waals surface area contributed by atoms with E-state index in [1.807, 2.05) is 12.1 Å². The monoisotopic (exact) mass is 353 g/mol. The summed E-state index contributed by atoms with van der Waals surface area (Å²) in [4.78, 5) is 14.3. The second kappa shape index (κ2) is 7.97. The molecule has 5 nitrogen and oxygen atoms in total. The molecule has 2 heterocycles. The number of phenolic OH excluding ortho intramolecular Hbond substituents is 1.